The lowest BCUT2D eigenvalue weighted by molar-refractivity contribution is -0.118. The summed E-state index contributed by atoms with van der Waals surface area (Å²) in [6, 6.07) is 10.3. The molecular formula is C18H18FN3O4. The third-order valence-corrected chi connectivity index (χ3v) is 3.70. The van der Waals surface area contributed by atoms with Gasteiger partial charge in [-0.25, -0.2) is 9.18 Å². The summed E-state index contributed by atoms with van der Waals surface area (Å²) in [5.74, 6) is 0.124. The molecule has 0 aliphatic carbocycles. The minimum atomic E-state index is -0.686. The number of carbonyl (C=O) groups excluding carboxylic acids is 2. The molecule has 8 heteroatoms. The fourth-order valence-electron chi connectivity index (χ4n) is 2.51. The lowest BCUT2D eigenvalue weighted by Crippen LogP contribution is -2.41. The number of benzene rings is 2. The van der Waals surface area contributed by atoms with Gasteiger partial charge < -0.3 is 19.7 Å². The summed E-state index contributed by atoms with van der Waals surface area (Å²) >= 11 is 0. The standard InChI is InChI=1S/C18H18FN3O4/c1-22(14-5-3-2-4-13(14)19)11-17(23)21-18(24)20-12-6-7-15-16(10-12)26-9-8-25-15/h2-7,10H,8-9,11H2,1H3,(H2,20,21,23,24). The third-order valence-electron chi connectivity index (χ3n) is 3.70. The Hall–Kier alpha value is -3.29. The minimum absolute atomic E-state index is 0.171. The monoisotopic (exact) mass is 359 g/mol. The van der Waals surface area contributed by atoms with E-state index >= 15 is 0 Å². The highest BCUT2D eigenvalue weighted by molar-refractivity contribution is 6.02. The van der Waals surface area contributed by atoms with Crippen molar-refractivity contribution in [2.75, 3.05) is 37.0 Å². The third kappa shape index (κ3) is 4.21. The van der Waals surface area contributed by atoms with Crippen LogP contribution >= 0.6 is 0 Å². The number of rotatable bonds is 4. The van der Waals surface area contributed by atoms with E-state index < -0.39 is 17.8 Å². The molecule has 1 aliphatic rings. The Kier molecular flexibility index (Phi) is 5.21. The van der Waals surface area contributed by atoms with Gasteiger partial charge >= 0.3 is 6.03 Å². The molecule has 0 saturated carbocycles. The molecule has 2 aromatic rings. The number of hydrogen-bond acceptors (Lipinski definition) is 5. The number of nitrogens with zero attached hydrogens (tertiary/aromatic N) is 1. The number of para-hydroxylation sites is 1. The molecule has 1 heterocycles. The van der Waals surface area contributed by atoms with E-state index in [1.54, 1.807) is 43.4 Å². The van der Waals surface area contributed by atoms with Crippen molar-refractivity contribution >= 4 is 23.3 Å². The quantitative estimate of drug-likeness (QED) is 0.876. The second-order valence-corrected chi connectivity index (χ2v) is 5.67. The van der Waals surface area contributed by atoms with E-state index in [0.29, 0.717) is 30.4 Å². The van der Waals surface area contributed by atoms with Crippen molar-refractivity contribution in [3.05, 3.63) is 48.3 Å². The molecule has 0 unspecified atom stereocenters. The Morgan fingerprint density at radius 3 is 2.62 bits per heavy atom. The first-order chi connectivity index (χ1) is 12.5. The van der Waals surface area contributed by atoms with Gasteiger partial charge in [-0.1, -0.05) is 12.1 Å². The fraction of sp³-hybridized carbons (Fsp3) is 0.222. The molecule has 7 nitrogen and oxygen atoms in total. The smallest absolute Gasteiger partial charge is 0.325 e. The van der Waals surface area contributed by atoms with Gasteiger partial charge in [-0.15, -0.1) is 0 Å². The van der Waals surface area contributed by atoms with Crippen molar-refractivity contribution in [1.82, 2.24) is 5.32 Å². The Morgan fingerprint density at radius 2 is 1.85 bits per heavy atom. The molecule has 0 atom stereocenters. The molecule has 2 aromatic carbocycles. The molecular weight excluding hydrogens is 341 g/mol. The maximum atomic E-state index is 13.7. The molecule has 0 saturated heterocycles. The zero-order valence-electron chi connectivity index (χ0n) is 14.1. The second kappa shape index (κ2) is 7.73. The van der Waals surface area contributed by atoms with Gasteiger partial charge in [-0.2, -0.15) is 0 Å². The van der Waals surface area contributed by atoms with Crippen molar-refractivity contribution in [1.29, 1.82) is 0 Å². The Balaban J connectivity index is 1.54. The molecule has 0 fully saturated rings. The highest BCUT2D eigenvalue weighted by Gasteiger charge is 2.15. The predicted octanol–water partition coefficient (Wildman–Crippen LogP) is 2.38. The molecule has 1 aliphatic heterocycles. The number of halogens is 1. The largest absolute Gasteiger partial charge is 0.486 e. The average Bonchev–Trinajstić information content (AvgIpc) is 2.61. The van der Waals surface area contributed by atoms with Crippen LogP contribution in [0.25, 0.3) is 0 Å². The van der Waals surface area contributed by atoms with Crippen molar-refractivity contribution in [2.24, 2.45) is 0 Å². The lowest BCUT2D eigenvalue weighted by Gasteiger charge is -2.20. The number of fused-ring (bicyclic) bond motifs is 1. The number of anilines is 2. The van der Waals surface area contributed by atoms with E-state index in [9.17, 15) is 14.0 Å². The fourth-order valence-corrected chi connectivity index (χ4v) is 2.51. The number of imide groups is 1. The molecule has 3 rings (SSSR count). The molecule has 136 valence electrons. The highest BCUT2D eigenvalue weighted by Crippen LogP contribution is 2.32. The Bertz CT molecular complexity index is 828. The van der Waals surface area contributed by atoms with E-state index in [0.717, 1.165) is 0 Å². The van der Waals surface area contributed by atoms with Gasteiger partial charge in [0.2, 0.25) is 5.91 Å². The normalized spacial score (nSPS) is 12.2. The molecule has 0 radical (unpaired) electrons. The van der Waals surface area contributed by atoms with E-state index in [-0.39, 0.29) is 12.2 Å². The van der Waals surface area contributed by atoms with Gasteiger partial charge in [0.25, 0.3) is 0 Å². The van der Waals surface area contributed by atoms with Crippen molar-refractivity contribution < 1.29 is 23.5 Å². The van der Waals surface area contributed by atoms with Gasteiger partial charge in [0, 0.05) is 18.8 Å². The van der Waals surface area contributed by atoms with Crippen LogP contribution in [0.3, 0.4) is 0 Å². The van der Waals surface area contributed by atoms with Crippen LogP contribution in [0.1, 0.15) is 0 Å². The van der Waals surface area contributed by atoms with E-state index in [4.69, 9.17) is 9.47 Å². The van der Waals surface area contributed by atoms with E-state index in [2.05, 4.69) is 10.6 Å². The number of amides is 3. The first-order valence-corrected chi connectivity index (χ1v) is 7.99. The van der Waals surface area contributed by atoms with Crippen LogP contribution in [0.5, 0.6) is 11.5 Å². The van der Waals surface area contributed by atoms with Gasteiger partial charge in [0.15, 0.2) is 11.5 Å². The molecule has 0 aromatic heterocycles. The van der Waals surface area contributed by atoms with Crippen LogP contribution < -0.4 is 25.0 Å². The molecule has 26 heavy (non-hydrogen) atoms. The minimum Gasteiger partial charge on any atom is -0.486 e. The van der Waals surface area contributed by atoms with Crippen LogP contribution in [0, 0.1) is 5.82 Å². The second-order valence-electron chi connectivity index (χ2n) is 5.67. The zero-order valence-corrected chi connectivity index (χ0v) is 14.1. The summed E-state index contributed by atoms with van der Waals surface area (Å²) in [6.45, 7) is 0.739. The molecule has 3 amide bonds. The number of hydrogen-bond donors (Lipinski definition) is 2. The number of carbonyl (C=O) groups is 2. The number of urea groups is 1. The van der Waals surface area contributed by atoms with Gasteiger partial charge in [-0.05, 0) is 24.3 Å². The Morgan fingerprint density at radius 1 is 1.12 bits per heavy atom. The summed E-state index contributed by atoms with van der Waals surface area (Å²) in [6.07, 6.45) is 0. The van der Waals surface area contributed by atoms with Gasteiger partial charge in [-0.3, -0.25) is 10.1 Å². The maximum absolute atomic E-state index is 13.7. The van der Waals surface area contributed by atoms with Crippen molar-refractivity contribution in [3.63, 3.8) is 0 Å². The van der Waals surface area contributed by atoms with Crippen LogP contribution in [-0.2, 0) is 4.79 Å². The lowest BCUT2D eigenvalue weighted by atomic mass is 10.2. The van der Waals surface area contributed by atoms with E-state index in [1.807, 2.05) is 0 Å². The molecule has 2 N–H and O–H groups in total. The first kappa shape index (κ1) is 17.5. The summed E-state index contributed by atoms with van der Waals surface area (Å²) < 4.78 is 24.5. The summed E-state index contributed by atoms with van der Waals surface area (Å²) in [5, 5.41) is 4.75. The summed E-state index contributed by atoms with van der Waals surface area (Å²) in [4.78, 5) is 25.4. The number of nitrogens with one attached hydrogen (secondary N) is 2. The molecule has 0 spiro atoms. The highest BCUT2D eigenvalue weighted by atomic mass is 19.1. The Labute approximate surface area is 149 Å². The van der Waals surface area contributed by atoms with Crippen LogP contribution in [-0.4, -0.2) is 38.7 Å². The van der Waals surface area contributed by atoms with Crippen LogP contribution in [0.2, 0.25) is 0 Å². The first-order valence-electron chi connectivity index (χ1n) is 7.99. The van der Waals surface area contributed by atoms with Crippen LogP contribution in [0.15, 0.2) is 42.5 Å². The zero-order chi connectivity index (χ0) is 18.5. The van der Waals surface area contributed by atoms with Gasteiger partial charge in [0.05, 0.1) is 12.2 Å². The van der Waals surface area contributed by atoms with Crippen molar-refractivity contribution in [3.8, 4) is 11.5 Å². The number of ether oxygens (including phenoxy) is 2. The number of likely N-dealkylation sites (N-methyl/N-ethyl adjacent to an activating group) is 1. The SMILES string of the molecule is CN(CC(=O)NC(=O)Nc1ccc2c(c1)OCCO2)c1ccccc1F. The average molecular weight is 359 g/mol. The summed E-state index contributed by atoms with van der Waals surface area (Å²) in [7, 11) is 1.57. The van der Waals surface area contributed by atoms with Crippen LogP contribution in [0.4, 0.5) is 20.6 Å². The van der Waals surface area contributed by atoms with Crippen molar-refractivity contribution in [2.45, 2.75) is 0 Å². The van der Waals surface area contributed by atoms with Gasteiger partial charge in [0.1, 0.15) is 19.0 Å². The predicted molar refractivity (Wildman–Crippen MR) is 94.3 cm³/mol. The molecule has 0 bridgehead atoms. The maximum Gasteiger partial charge on any atom is 0.325 e. The summed E-state index contributed by atoms with van der Waals surface area (Å²) in [5.41, 5.74) is 0.733. The van der Waals surface area contributed by atoms with E-state index in [1.165, 1.54) is 11.0 Å². The topological polar surface area (TPSA) is 79.9 Å².